The van der Waals surface area contributed by atoms with Crippen LogP contribution >= 0.6 is 0 Å². The van der Waals surface area contributed by atoms with Crippen molar-refractivity contribution in [1.82, 2.24) is 0 Å². The van der Waals surface area contributed by atoms with Gasteiger partial charge in [-0.2, -0.15) is 0 Å². The van der Waals surface area contributed by atoms with Gasteiger partial charge in [-0.3, -0.25) is 4.79 Å². The topological polar surface area (TPSA) is 125 Å². The Kier molecular flexibility index (Phi) is 8.25. The summed E-state index contributed by atoms with van der Waals surface area (Å²) in [4.78, 5) is 33.4. The zero-order valence-electron chi connectivity index (χ0n) is 17.0. The Morgan fingerprint density at radius 3 is 2.13 bits per heavy atom. The summed E-state index contributed by atoms with van der Waals surface area (Å²) >= 11 is 0. The molecule has 0 radical (unpaired) electrons. The number of hydrogen-bond donors (Lipinski definition) is 0. The smallest absolute Gasteiger partial charge is 0.460 e. The lowest BCUT2D eigenvalue weighted by Gasteiger charge is -2.33. The average Bonchev–Trinajstić information content (AvgIpc) is 3.44. The third kappa shape index (κ3) is 6.79. The maximum atomic E-state index is 11.2. The fourth-order valence-electron chi connectivity index (χ4n) is 3.22. The van der Waals surface area contributed by atoms with Gasteiger partial charge in [0.15, 0.2) is 6.10 Å². The minimum atomic E-state index is -0.721. The van der Waals surface area contributed by atoms with Gasteiger partial charge in [-0.1, -0.05) is 6.92 Å². The Morgan fingerprint density at radius 1 is 0.900 bits per heavy atom. The van der Waals surface area contributed by atoms with E-state index in [1.807, 2.05) is 6.92 Å². The van der Waals surface area contributed by atoms with Crippen molar-refractivity contribution in [2.75, 3.05) is 52.9 Å². The fourth-order valence-corrected chi connectivity index (χ4v) is 3.22. The summed E-state index contributed by atoms with van der Waals surface area (Å²) in [6.45, 7) is 3.51. The van der Waals surface area contributed by atoms with E-state index in [0.717, 1.165) is 0 Å². The fraction of sp³-hybridized carbons (Fsp3) is 0.842. The highest BCUT2D eigenvalue weighted by Gasteiger charge is 2.34. The lowest BCUT2D eigenvalue weighted by Crippen LogP contribution is -2.39. The Morgan fingerprint density at radius 2 is 1.60 bits per heavy atom. The minimum absolute atomic E-state index is 0.0819. The van der Waals surface area contributed by atoms with E-state index < -0.39 is 29.9 Å². The van der Waals surface area contributed by atoms with Gasteiger partial charge in [-0.25, -0.2) is 9.59 Å². The van der Waals surface area contributed by atoms with Crippen LogP contribution in [0, 0.1) is 5.41 Å². The van der Waals surface area contributed by atoms with Crippen LogP contribution in [-0.2, 0) is 47.5 Å². The van der Waals surface area contributed by atoms with E-state index in [1.54, 1.807) is 0 Å². The van der Waals surface area contributed by atoms with Crippen LogP contribution in [0.5, 0.6) is 0 Å². The number of ether oxygens (including phenoxy) is 8. The average molecular weight is 432 g/mol. The summed E-state index contributed by atoms with van der Waals surface area (Å²) in [6.07, 6.45) is -0.391. The van der Waals surface area contributed by atoms with E-state index in [-0.39, 0.29) is 51.7 Å². The van der Waals surface area contributed by atoms with Crippen LogP contribution in [0.2, 0.25) is 0 Å². The Balaban J connectivity index is 1.47. The summed E-state index contributed by atoms with van der Waals surface area (Å²) < 4.78 is 42.4. The van der Waals surface area contributed by atoms with Crippen molar-refractivity contribution in [2.24, 2.45) is 5.41 Å². The molecule has 3 aliphatic heterocycles. The molecule has 11 nitrogen and oxygen atoms in total. The van der Waals surface area contributed by atoms with Crippen molar-refractivity contribution in [2.45, 2.75) is 44.7 Å². The van der Waals surface area contributed by atoms with Crippen LogP contribution in [0.15, 0.2) is 0 Å². The quantitative estimate of drug-likeness (QED) is 0.300. The highest BCUT2D eigenvalue weighted by atomic mass is 16.8. The molecule has 0 aromatic carbocycles. The van der Waals surface area contributed by atoms with E-state index in [9.17, 15) is 14.4 Å². The molecule has 3 fully saturated rings. The second-order valence-electron chi connectivity index (χ2n) is 7.58. The zero-order chi connectivity index (χ0) is 21.4. The van der Waals surface area contributed by atoms with Gasteiger partial charge < -0.3 is 37.9 Å². The second-order valence-corrected chi connectivity index (χ2v) is 7.58. The van der Waals surface area contributed by atoms with Crippen LogP contribution in [0.25, 0.3) is 0 Å². The Hall–Kier alpha value is -1.95. The van der Waals surface area contributed by atoms with Crippen LogP contribution in [0.3, 0.4) is 0 Å². The van der Waals surface area contributed by atoms with Gasteiger partial charge >= 0.3 is 18.1 Å². The zero-order valence-corrected chi connectivity index (χ0v) is 17.0. The summed E-state index contributed by atoms with van der Waals surface area (Å²) in [7, 11) is 0. The van der Waals surface area contributed by atoms with Gasteiger partial charge in [-0.15, -0.1) is 0 Å². The van der Waals surface area contributed by atoms with Gasteiger partial charge in [0, 0.05) is 11.8 Å². The summed E-state index contributed by atoms with van der Waals surface area (Å²) in [6, 6.07) is 0. The van der Waals surface area contributed by atoms with Crippen molar-refractivity contribution in [3.8, 4) is 0 Å². The molecule has 4 atom stereocenters. The molecule has 0 saturated carbocycles. The molecule has 0 amide bonds. The number of esters is 2. The van der Waals surface area contributed by atoms with E-state index in [2.05, 4.69) is 0 Å². The first-order chi connectivity index (χ1) is 14.5. The molecule has 0 aromatic rings. The van der Waals surface area contributed by atoms with Gasteiger partial charge in [-0.05, 0) is 12.8 Å². The first kappa shape index (κ1) is 22.7. The predicted molar refractivity (Wildman–Crippen MR) is 96.3 cm³/mol. The van der Waals surface area contributed by atoms with Gasteiger partial charge in [0.2, 0.25) is 6.29 Å². The van der Waals surface area contributed by atoms with Crippen molar-refractivity contribution >= 4 is 18.1 Å². The van der Waals surface area contributed by atoms with E-state index >= 15 is 0 Å². The highest BCUT2D eigenvalue weighted by molar-refractivity contribution is 5.72. The third-order valence-electron chi connectivity index (χ3n) is 5.10. The molecule has 11 heteroatoms. The molecule has 3 heterocycles. The molecule has 0 spiro atoms. The molecule has 0 aliphatic carbocycles. The van der Waals surface area contributed by atoms with Crippen molar-refractivity contribution in [3.05, 3.63) is 0 Å². The second kappa shape index (κ2) is 10.9. The SMILES string of the molecule is CCC(COCC1CCC(=O)O1)(COCC1COC(=O)O1)COCC1OCC(=O)O1. The summed E-state index contributed by atoms with van der Waals surface area (Å²) in [5.74, 6) is -0.632. The van der Waals surface area contributed by atoms with Crippen LogP contribution in [0.4, 0.5) is 4.79 Å². The van der Waals surface area contributed by atoms with E-state index in [1.165, 1.54) is 0 Å². The largest absolute Gasteiger partial charge is 0.508 e. The number of carbonyl (C=O) groups excluding carboxylic acids is 3. The van der Waals surface area contributed by atoms with Crippen molar-refractivity contribution < 1.29 is 52.3 Å². The first-order valence-corrected chi connectivity index (χ1v) is 10.1. The van der Waals surface area contributed by atoms with Crippen molar-refractivity contribution in [3.63, 3.8) is 0 Å². The summed E-state index contributed by atoms with van der Waals surface area (Å²) in [5.41, 5.74) is -0.505. The molecule has 30 heavy (non-hydrogen) atoms. The van der Waals surface area contributed by atoms with Gasteiger partial charge in [0.25, 0.3) is 0 Å². The van der Waals surface area contributed by atoms with Crippen LogP contribution < -0.4 is 0 Å². The van der Waals surface area contributed by atoms with E-state index in [4.69, 9.17) is 37.9 Å². The standard InChI is InChI=1S/C19H28O11/c1-2-19(10-23-5-13-3-4-15(20)28-13,11-24-6-14-7-27-18(22)29-14)12-25-9-17-26-8-16(21)30-17/h13-14,17H,2-12H2,1H3. The lowest BCUT2D eigenvalue weighted by molar-refractivity contribution is -0.154. The van der Waals surface area contributed by atoms with Crippen molar-refractivity contribution in [1.29, 1.82) is 0 Å². The lowest BCUT2D eigenvalue weighted by atomic mass is 9.88. The first-order valence-electron chi connectivity index (χ1n) is 10.1. The third-order valence-corrected chi connectivity index (χ3v) is 5.10. The van der Waals surface area contributed by atoms with Crippen LogP contribution in [0.1, 0.15) is 26.2 Å². The molecular formula is C19H28O11. The minimum Gasteiger partial charge on any atom is -0.460 e. The normalized spacial score (nSPS) is 28.0. The number of hydrogen-bond acceptors (Lipinski definition) is 11. The molecule has 170 valence electrons. The molecular weight excluding hydrogens is 404 g/mol. The predicted octanol–water partition coefficient (Wildman–Crippen LogP) is 0.573. The number of rotatable bonds is 13. The monoisotopic (exact) mass is 432 g/mol. The maximum absolute atomic E-state index is 11.2. The van der Waals surface area contributed by atoms with Gasteiger partial charge in [0.1, 0.15) is 25.9 Å². The Bertz CT molecular complexity index is 528. The number of carbonyl (C=O) groups is 3. The molecule has 3 rings (SSSR count). The van der Waals surface area contributed by atoms with E-state index in [0.29, 0.717) is 32.5 Å². The molecule has 4 unspecified atom stereocenters. The highest BCUT2D eigenvalue weighted by Crippen LogP contribution is 2.26. The summed E-state index contributed by atoms with van der Waals surface area (Å²) in [5, 5.41) is 0. The van der Waals surface area contributed by atoms with Gasteiger partial charge in [0.05, 0.1) is 33.0 Å². The Labute approximate surface area is 174 Å². The molecule has 0 N–H and O–H groups in total. The molecule has 3 aliphatic rings. The number of cyclic esters (lactones) is 4. The maximum Gasteiger partial charge on any atom is 0.508 e. The van der Waals surface area contributed by atoms with Crippen LogP contribution in [-0.4, -0.2) is 89.4 Å². The molecule has 3 saturated heterocycles. The molecule has 0 bridgehead atoms. The molecule has 0 aromatic heterocycles.